The Balaban J connectivity index is 1.69. The maximum atomic E-state index is 12.4. The van der Waals surface area contributed by atoms with Gasteiger partial charge in [-0.15, -0.1) is 11.3 Å². The second kappa shape index (κ2) is 7.93. The van der Waals surface area contributed by atoms with Gasteiger partial charge in [0.25, 0.3) is 5.91 Å². The number of hydrogen-bond donors (Lipinski definition) is 2. The summed E-state index contributed by atoms with van der Waals surface area (Å²) in [7, 11) is 0. The maximum Gasteiger partial charge on any atom is 0.255 e. The molecule has 0 aliphatic rings. The molecule has 0 aliphatic heterocycles. The van der Waals surface area contributed by atoms with E-state index in [4.69, 9.17) is 0 Å². The zero-order valence-corrected chi connectivity index (χ0v) is 15.4. The van der Waals surface area contributed by atoms with Gasteiger partial charge in [0.15, 0.2) is 0 Å². The van der Waals surface area contributed by atoms with Crippen LogP contribution in [0.25, 0.3) is 11.3 Å². The molecule has 132 valence electrons. The Morgan fingerprint density at radius 2 is 1.88 bits per heavy atom. The molecule has 0 saturated heterocycles. The van der Waals surface area contributed by atoms with Gasteiger partial charge in [0, 0.05) is 35.7 Å². The standard InChI is InChI=1S/C20H19N3O2S/c1-13(24)21-11-15-6-8-16(9-7-15)20(25)23-18-5-3-4-17(10-18)19-12-26-14(2)22-19/h3-10,12H,11H2,1-2H3,(H,21,24)(H,23,25). The third kappa shape index (κ3) is 4.55. The van der Waals surface area contributed by atoms with Crippen LogP contribution in [-0.4, -0.2) is 16.8 Å². The number of anilines is 1. The van der Waals surface area contributed by atoms with Crippen LogP contribution in [0.15, 0.2) is 53.9 Å². The minimum atomic E-state index is -0.178. The van der Waals surface area contributed by atoms with Crippen LogP contribution in [0, 0.1) is 6.92 Å². The van der Waals surface area contributed by atoms with E-state index in [0.717, 1.165) is 27.5 Å². The van der Waals surface area contributed by atoms with Crippen molar-refractivity contribution in [3.05, 3.63) is 70.0 Å². The number of aryl methyl sites for hydroxylation is 1. The Labute approximate surface area is 156 Å². The zero-order chi connectivity index (χ0) is 18.5. The fraction of sp³-hybridized carbons (Fsp3) is 0.150. The summed E-state index contributed by atoms with van der Waals surface area (Å²) < 4.78 is 0. The normalized spacial score (nSPS) is 10.4. The van der Waals surface area contributed by atoms with Gasteiger partial charge in [-0.1, -0.05) is 24.3 Å². The van der Waals surface area contributed by atoms with E-state index in [-0.39, 0.29) is 11.8 Å². The highest BCUT2D eigenvalue weighted by Crippen LogP contribution is 2.24. The summed E-state index contributed by atoms with van der Waals surface area (Å²) in [6.07, 6.45) is 0. The van der Waals surface area contributed by atoms with E-state index < -0.39 is 0 Å². The Hall–Kier alpha value is -2.99. The van der Waals surface area contributed by atoms with E-state index in [1.807, 2.05) is 48.7 Å². The molecule has 0 unspecified atom stereocenters. The number of carbonyl (C=O) groups excluding carboxylic acids is 2. The van der Waals surface area contributed by atoms with E-state index in [0.29, 0.717) is 12.1 Å². The van der Waals surface area contributed by atoms with Crippen molar-refractivity contribution >= 4 is 28.8 Å². The molecule has 0 bridgehead atoms. The van der Waals surface area contributed by atoms with Crippen LogP contribution >= 0.6 is 11.3 Å². The predicted octanol–water partition coefficient (Wildman–Crippen LogP) is 4.01. The van der Waals surface area contributed by atoms with Gasteiger partial charge in [0.05, 0.1) is 10.7 Å². The number of nitrogens with one attached hydrogen (secondary N) is 2. The third-order valence-electron chi connectivity index (χ3n) is 3.79. The summed E-state index contributed by atoms with van der Waals surface area (Å²) in [4.78, 5) is 27.9. The lowest BCUT2D eigenvalue weighted by Gasteiger charge is -2.08. The van der Waals surface area contributed by atoms with Crippen LogP contribution in [0.5, 0.6) is 0 Å². The number of benzene rings is 2. The first-order chi connectivity index (χ1) is 12.5. The van der Waals surface area contributed by atoms with Gasteiger partial charge in [-0.05, 0) is 36.8 Å². The molecule has 3 rings (SSSR count). The molecular formula is C20H19N3O2S. The fourth-order valence-corrected chi connectivity index (χ4v) is 3.08. The molecule has 2 aromatic carbocycles. The Bertz CT molecular complexity index is 932. The fourth-order valence-electron chi connectivity index (χ4n) is 2.46. The molecule has 6 heteroatoms. The lowest BCUT2D eigenvalue weighted by molar-refractivity contribution is -0.119. The number of amides is 2. The first-order valence-electron chi connectivity index (χ1n) is 8.18. The highest BCUT2D eigenvalue weighted by Gasteiger charge is 2.08. The van der Waals surface area contributed by atoms with Crippen molar-refractivity contribution in [3.63, 3.8) is 0 Å². The highest BCUT2D eigenvalue weighted by atomic mass is 32.1. The predicted molar refractivity (Wildman–Crippen MR) is 104 cm³/mol. The van der Waals surface area contributed by atoms with Gasteiger partial charge in [-0.2, -0.15) is 0 Å². The number of rotatable bonds is 5. The van der Waals surface area contributed by atoms with Gasteiger partial charge >= 0.3 is 0 Å². The molecule has 0 aliphatic carbocycles. The SMILES string of the molecule is CC(=O)NCc1ccc(C(=O)Nc2cccc(-c3csc(C)n3)c2)cc1. The molecule has 1 aromatic heterocycles. The van der Waals surface area contributed by atoms with Crippen molar-refractivity contribution < 1.29 is 9.59 Å². The largest absolute Gasteiger partial charge is 0.352 e. The van der Waals surface area contributed by atoms with E-state index in [1.54, 1.807) is 23.5 Å². The quantitative estimate of drug-likeness (QED) is 0.718. The van der Waals surface area contributed by atoms with Crippen LogP contribution in [0.2, 0.25) is 0 Å². The van der Waals surface area contributed by atoms with Gasteiger partial charge < -0.3 is 10.6 Å². The summed E-state index contributed by atoms with van der Waals surface area (Å²) >= 11 is 1.60. The summed E-state index contributed by atoms with van der Waals surface area (Å²) in [5.74, 6) is -0.260. The lowest BCUT2D eigenvalue weighted by Crippen LogP contribution is -2.19. The summed E-state index contributed by atoms with van der Waals surface area (Å²) in [5.41, 5.74) is 4.10. The molecule has 5 nitrogen and oxygen atoms in total. The maximum absolute atomic E-state index is 12.4. The average molecular weight is 365 g/mol. The first kappa shape index (κ1) is 17.8. The van der Waals surface area contributed by atoms with Crippen molar-refractivity contribution in [2.24, 2.45) is 0 Å². The van der Waals surface area contributed by atoms with Gasteiger partial charge in [0.2, 0.25) is 5.91 Å². The smallest absolute Gasteiger partial charge is 0.255 e. The topological polar surface area (TPSA) is 71.1 Å². The lowest BCUT2D eigenvalue weighted by atomic mass is 10.1. The van der Waals surface area contributed by atoms with Crippen molar-refractivity contribution in [1.29, 1.82) is 0 Å². The number of nitrogens with zero attached hydrogens (tertiary/aromatic N) is 1. The second-order valence-electron chi connectivity index (χ2n) is 5.89. The minimum absolute atomic E-state index is 0.0815. The van der Waals surface area contributed by atoms with E-state index >= 15 is 0 Å². The third-order valence-corrected chi connectivity index (χ3v) is 4.57. The van der Waals surface area contributed by atoms with Crippen LogP contribution in [-0.2, 0) is 11.3 Å². The van der Waals surface area contributed by atoms with Crippen LogP contribution in [0.1, 0.15) is 27.9 Å². The highest BCUT2D eigenvalue weighted by molar-refractivity contribution is 7.09. The molecule has 2 N–H and O–H groups in total. The molecule has 0 atom stereocenters. The molecule has 0 saturated carbocycles. The summed E-state index contributed by atoms with van der Waals surface area (Å²) in [5, 5.41) is 8.65. The molecule has 26 heavy (non-hydrogen) atoms. The van der Waals surface area contributed by atoms with E-state index in [1.165, 1.54) is 6.92 Å². The van der Waals surface area contributed by atoms with Crippen molar-refractivity contribution in [3.8, 4) is 11.3 Å². The Morgan fingerprint density at radius 1 is 1.12 bits per heavy atom. The van der Waals surface area contributed by atoms with Gasteiger partial charge in [0.1, 0.15) is 0 Å². The first-order valence-corrected chi connectivity index (χ1v) is 9.06. The Morgan fingerprint density at radius 3 is 2.54 bits per heavy atom. The molecular weight excluding hydrogens is 346 g/mol. The van der Waals surface area contributed by atoms with Gasteiger partial charge in [-0.25, -0.2) is 4.98 Å². The average Bonchev–Trinajstić information content (AvgIpc) is 3.07. The van der Waals surface area contributed by atoms with E-state index in [9.17, 15) is 9.59 Å². The van der Waals surface area contributed by atoms with Crippen molar-refractivity contribution in [2.75, 3.05) is 5.32 Å². The molecule has 2 amide bonds. The van der Waals surface area contributed by atoms with Crippen molar-refractivity contribution in [2.45, 2.75) is 20.4 Å². The molecule has 0 radical (unpaired) electrons. The zero-order valence-electron chi connectivity index (χ0n) is 14.6. The van der Waals surface area contributed by atoms with Crippen LogP contribution in [0.4, 0.5) is 5.69 Å². The number of carbonyl (C=O) groups is 2. The second-order valence-corrected chi connectivity index (χ2v) is 6.96. The summed E-state index contributed by atoms with van der Waals surface area (Å²) in [6, 6.07) is 14.8. The number of thiazole rings is 1. The van der Waals surface area contributed by atoms with Gasteiger partial charge in [-0.3, -0.25) is 9.59 Å². The number of aromatic nitrogens is 1. The van der Waals surface area contributed by atoms with Crippen LogP contribution < -0.4 is 10.6 Å². The Kier molecular flexibility index (Phi) is 5.43. The van der Waals surface area contributed by atoms with E-state index in [2.05, 4.69) is 15.6 Å². The minimum Gasteiger partial charge on any atom is -0.352 e. The van der Waals surface area contributed by atoms with Crippen molar-refractivity contribution in [1.82, 2.24) is 10.3 Å². The molecule has 1 heterocycles. The number of hydrogen-bond acceptors (Lipinski definition) is 4. The molecule has 0 fully saturated rings. The summed E-state index contributed by atoms with van der Waals surface area (Å²) in [6.45, 7) is 3.89. The monoisotopic (exact) mass is 365 g/mol. The molecule has 0 spiro atoms. The van der Waals surface area contributed by atoms with Crippen LogP contribution in [0.3, 0.4) is 0 Å². The molecule has 3 aromatic rings.